The molecule has 0 aromatic heterocycles. The summed E-state index contributed by atoms with van der Waals surface area (Å²) in [5, 5.41) is 12.3. The van der Waals surface area contributed by atoms with Crippen LogP contribution in [0.2, 0.25) is 0 Å². The molecule has 0 rings (SSSR count). The van der Waals surface area contributed by atoms with Gasteiger partial charge >= 0.3 is 0 Å². The number of hydrogen-bond donors (Lipinski definition) is 2. The highest BCUT2D eigenvalue weighted by Gasteiger charge is 2.15. The third kappa shape index (κ3) is 6.58. The lowest BCUT2D eigenvalue weighted by atomic mass is 10.1. The minimum atomic E-state index is 0.0567. The van der Waals surface area contributed by atoms with Crippen LogP contribution in [0.1, 0.15) is 27.2 Å². The van der Waals surface area contributed by atoms with Gasteiger partial charge in [0, 0.05) is 25.3 Å². The summed E-state index contributed by atoms with van der Waals surface area (Å²) in [6.07, 6.45) is 0.851. The van der Waals surface area contributed by atoms with E-state index in [2.05, 4.69) is 26.1 Å². The Hall–Kier alpha value is -0.120. The molecular weight excluding hydrogens is 154 g/mol. The van der Waals surface area contributed by atoms with Gasteiger partial charge in [-0.3, -0.25) is 0 Å². The molecule has 0 aliphatic carbocycles. The topological polar surface area (TPSA) is 41.5 Å². The molecule has 0 unspecified atom stereocenters. The third-order valence-corrected chi connectivity index (χ3v) is 1.53. The molecule has 0 amide bonds. The molecular formula is C9H21NO2. The van der Waals surface area contributed by atoms with Crippen molar-refractivity contribution in [2.24, 2.45) is 0 Å². The van der Waals surface area contributed by atoms with Gasteiger partial charge in [0.2, 0.25) is 0 Å². The van der Waals surface area contributed by atoms with Gasteiger partial charge in [0.05, 0.1) is 6.61 Å². The van der Waals surface area contributed by atoms with E-state index < -0.39 is 0 Å². The van der Waals surface area contributed by atoms with Crippen molar-refractivity contribution < 1.29 is 9.84 Å². The standard InChI is InChI=1S/C9H21NO2/c1-9(2,3)10-8(7-11)5-6-12-4/h8,10-11H,5-7H2,1-4H3/t8-/m1/s1. The van der Waals surface area contributed by atoms with Crippen LogP contribution in [0.3, 0.4) is 0 Å². The van der Waals surface area contributed by atoms with E-state index in [-0.39, 0.29) is 18.2 Å². The molecule has 0 radical (unpaired) electrons. The van der Waals surface area contributed by atoms with Gasteiger partial charge < -0.3 is 15.2 Å². The van der Waals surface area contributed by atoms with Gasteiger partial charge in [0.25, 0.3) is 0 Å². The van der Waals surface area contributed by atoms with E-state index in [0.29, 0.717) is 6.61 Å². The van der Waals surface area contributed by atoms with Gasteiger partial charge in [-0.25, -0.2) is 0 Å². The molecule has 0 saturated carbocycles. The van der Waals surface area contributed by atoms with Gasteiger partial charge in [-0.05, 0) is 27.2 Å². The molecule has 0 fully saturated rings. The Morgan fingerprint density at radius 2 is 2.00 bits per heavy atom. The first-order chi connectivity index (χ1) is 5.49. The van der Waals surface area contributed by atoms with Crippen LogP contribution in [0.25, 0.3) is 0 Å². The lowest BCUT2D eigenvalue weighted by Gasteiger charge is -2.27. The predicted octanol–water partition coefficient (Wildman–Crippen LogP) is 0.772. The van der Waals surface area contributed by atoms with Crippen molar-refractivity contribution in [2.75, 3.05) is 20.3 Å². The average Bonchev–Trinajstić information content (AvgIpc) is 1.95. The SMILES string of the molecule is COCC[C@H](CO)NC(C)(C)C. The Bertz CT molecular complexity index is 110. The van der Waals surface area contributed by atoms with Crippen LogP contribution in [-0.4, -0.2) is 37.0 Å². The molecule has 3 heteroatoms. The van der Waals surface area contributed by atoms with Gasteiger partial charge in [0.1, 0.15) is 0 Å². The number of aliphatic hydroxyl groups excluding tert-OH is 1. The van der Waals surface area contributed by atoms with E-state index in [0.717, 1.165) is 6.42 Å². The number of methoxy groups -OCH3 is 1. The normalized spacial score (nSPS) is 14.8. The fraction of sp³-hybridized carbons (Fsp3) is 1.00. The number of rotatable bonds is 5. The summed E-state index contributed by atoms with van der Waals surface area (Å²) >= 11 is 0. The highest BCUT2D eigenvalue weighted by molar-refractivity contribution is 4.77. The molecule has 0 bridgehead atoms. The highest BCUT2D eigenvalue weighted by Crippen LogP contribution is 2.03. The zero-order valence-electron chi connectivity index (χ0n) is 8.55. The van der Waals surface area contributed by atoms with Crippen LogP contribution in [0, 0.1) is 0 Å². The van der Waals surface area contributed by atoms with Crippen molar-refractivity contribution in [1.82, 2.24) is 5.32 Å². The summed E-state index contributed by atoms with van der Waals surface area (Å²) in [7, 11) is 1.67. The smallest absolute Gasteiger partial charge is 0.0585 e. The maximum Gasteiger partial charge on any atom is 0.0585 e. The Kier molecular flexibility index (Phi) is 5.46. The summed E-state index contributed by atoms with van der Waals surface area (Å²) < 4.78 is 4.94. The second-order valence-corrected chi connectivity index (χ2v) is 4.06. The van der Waals surface area contributed by atoms with Crippen LogP contribution in [0.5, 0.6) is 0 Å². The largest absolute Gasteiger partial charge is 0.395 e. The zero-order valence-corrected chi connectivity index (χ0v) is 8.55. The van der Waals surface area contributed by atoms with Crippen molar-refractivity contribution in [3.8, 4) is 0 Å². The zero-order chi connectivity index (χ0) is 9.61. The van der Waals surface area contributed by atoms with Gasteiger partial charge in [-0.15, -0.1) is 0 Å². The molecule has 0 spiro atoms. The minimum absolute atomic E-state index is 0.0567. The van der Waals surface area contributed by atoms with Crippen LogP contribution in [0.4, 0.5) is 0 Å². The van der Waals surface area contributed by atoms with E-state index >= 15 is 0 Å². The Morgan fingerprint density at radius 1 is 1.42 bits per heavy atom. The number of ether oxygens (including phenoxy) is 1. The van der Waals surface area contributed by atoms with Crippen molar-refractivity contribution in [2.45, 2.75) is 38.8 Å². The molecule has 0 aromatic carbocycles. The van der Waals surface area contributed by atoms with Crippen LogP contribution in [-0.2, 0) is 4.74 Å². The molecule has 12 heavy (non-hydrogen) atoms. The first kappa shape index (κ1) is 11.9. The summed E-state index contributed by atoms with van der Waals surface area (Å²) in [4.78, 5) is 0. The second kappa shape index (κ2) is 5.51. The maximum absolute atomic E-state index is 9.00. The van der Waals surface area contributed by atoms with Crippen LogP contribution < -0.4 is 5.32 Å². The van der Waals surface area contributed by atoms with Crippen molar-refractivity contribution in [3.63, 3.8) is 0 Å². The maximum atomic E-state index is 9.00. The molecule has 74 valence electrons. The van der Waals surface area contributed by atoms with Crippen LogP contribution in [0.15, 0.2) is 0 Å². The van der Waals surface area contributed by atoms with Gasteiger partial charge in [0.15, 0.2) is 0 Å². The quantitative estimate of drug-likeness (QED) is 0.648. The molecule has 0 saturated heterocycles. The number of nitrogens with one attached hydrogen (secondary N) is 1. The predicted molar refractivity (Wildman–Crippen MR) is 50.3 cm³/mol. The monoisotopic (exact) mass is 175 g/mol. The summed E-state index contributed by atoms with van der Waals surface area (Å²) in [6, 6.07) is 0.143. The number of aliphatic hydroxyl groups is 1. The highest BCUT2D eigenvalue weighted by atomic mass is 16.5. The lowest BCUT2D eigenvalue weighted by molar-refractivity contribution is 0.148. The molecule has 0 aromatic rings. The first-order valence-electron chi connectivity index (χ1n) is 4.37. The molecule has 2 N–H and O–H groups in total. The summed E-state index contributed by atoms with van der Waals surface area (Å²) in [5.41, 5.74) is 0.0567. The van der Waals surface area contributed by atoms with E-state index in [1.54, 1.807) is 7.11 Å². The fourth-order valence-electron chi connectivity index (χ4n) is 1.08. The Labute approximate surface area is 75.1 Å². The van der Waals surface area contributed by atoms with E-state index in [1.807, 2.05) is 0 Å². The van der Waals surface area contributed by atoms with Gasteiger partial charge in [-0.1, -0.05) is 0 Å². The first-order valence-corrected chi connectivity index (χ1v) is 4.37. The lowest BCUT2D eigenvalue weighted by Crippen LogP contribution is -2.45. The summed E-state index contributed by atoms with van der Waals surface area (Å²) in [5.74, 6) is 0. The Morgan fingerprint density at radius 3 is 2.33 bits per heavy atom. The molecule has 0 aliphatic heterocycles. The molecule has 1 atom stereocenters. The van der Waals surface area contributed by atoms with E-state index in [9.17, 15) is 0 Å². The van der Waals surface area contributed by atoms with E-state index in [4.69, 9.17) is 9.84 Å². The van der Waals surface area contributed by atoms with Crippen molar-refractivity contribution in [1.29, 1.82) is 0 Å². The van der Waals surface area contributed by atoms with E-state index in [1.165, 1.54) is 0 Å². The Balaban J connectivity index is 3.67. The average molecular weight is 175 g/mol. The van der Waals surface area contributed by atoms with Crippen molar-refractivity contribution in [3.05, 3.63) is 0 Å². The van der Waals surface area contributed by atoms with Crippen LogP contribution >= 0.6 is 0 Å². The number of hydrogen-bond acceptors (Lipinski definition) is 3. The fourth-order valence-corrected chi connectivity index (χ4v) is 1.08. The third-order valence-electron chi connectivity index (χ3n) is 1.53. The molecule has 3 nitrogen and oxygen atoms in total. The summed E-state index contributed by atoms with van der Waals surface area (Å²) in [6.45, 7) is 7.11. The van der Waals surface area contributed by atoms with Gasteiger partial charge in [-0.2, -0.15) is 0 Å². The second-order valence-electron chi connectivity index (χ2n) is 4.06. The molecule has 0 heterocycles. The molecule has 0 aliphatic rings. The van der Waals surface area contributed by atoms with Crippen molar-refractivity contribution >= 4 is 0 Å². The minimum Gasteiger partial charge on any atom is -0.395 e.